The standard InChI is InChI=1S/C20H15N5O2S/c1-12-7-8-17-14(9-12)15(24-27-17)10-18(26)21-19-22-20-25(23-19)16(11-28-20)13-5-3-2-4-6-13/h2-9,11H,10H2,1H3,(H,21,23,26). The molecule has 0 unspecified atom stereocenters. The highest BCUT2D eigenvalue weighted by Gasteiger charge is 2.16. The van der Waals surface area contributed by atoms with E-state index >= 15 is 0 Å². The topological polar surface area (TPSA) is 85.3 Å². The number of rotatable bonds is 4. The van der Waals surface area contributed by atoms with Crippen LogP contribution >= 0.6 is 11.3 Å². The quantitative estimate of drug-likeness (QED) is 0.500. The molecular formula is C20H15N5O2S. The van der Waals surface area contributed by atoms with E-state index in [0.29, 0.717) is 11.3 Å². The zero-order chi connectivity index (χ0) is 19.1. The van der Waals surface area contributed by atoms with Crippen LogP contribution in [0.1, 0.15) is 11.3 Å². The number of hydrogen-bond acceptors (Lipinski definition) is 6. The Morgan fingerprint density at radius 1 is 1.21 bits per heavy atom. The molecule has 3 aromatic heterocycles. The van der Waals surface area contributed by atoms with Crippen LogP contribution in [-0.2, 0) is 11.2 Å². The van der Waals surface area contributed by atoms with Crippen LogP contribution in [-0.4, -0.2) is 25.7 Å². The molecule has 0 spiro atoms. The predicted molar refractivity (Wildman–Crippen MR) is 107 cm³/mol. The number of carbonyl (C=O) groups excluding carboxylic acids is 1. The Morgan fingerprint density at radius 3 is 2.93 bits per heavy atom. The Hall–Kier alpha value is -3.52. The molecule has 3 heterocycles. The van der Waals surface area contributed by atoms with E-state index in [9.17, 15) is 4.79 Å². The molecule has 2 aromatic carbocycles. The fraction of sp³-hybridized carbons (Fsp3) is 0.100. The van der Waals surface area contributed by atoms with E-state index in [1.54, 1.807) is 4.52 Å². The summed E-state index contributed by atoms with van der Waals surface area (Å²) in [5.74, 6) is 0.0363. The fourth-order valence-corrected chi connectivity index (χ4v) is 3.92. The van der Waals surface area contributed by atoms with Gasteiger partial charge >= 0.3 is 0 Å². The van der Waals surface area contributed by atoms with Crippen LogP contribution in [0.2, 0.25) is 0 Å². The second-order valence-electron chi connectivity index (χ2n) is 6.47. The molecule has 28 heavy (non-hydrogen) atoms. The molecular weight excluding hydrogens is 374 g/mol. The summed E-state index contributed by atoms with van der Waals surface area (Å²) in [6.07, 6.45) is 0.0921. The SMILES string of the molecule is Cc1ccc2onc(CC(=O)Nc3nc4scc(-c5ccccc5)n4n3)c2c1. The lowest BCUT2D eigenvalue weighted by Crippen LogP contribution is -2.15. The van der Waals surface area contributed by atoms with Crippen molar-refractivity contribution in [3.05, 3.63) is 65.2 Å². The van der Waals surface area contributed by atoms with Crippen molar-refractivity contribution < 1.29 is 9.32 Å². The maximum atomic E-state index is 12.5. The Morgan fingerprint density at radius 2 is 2.07 bits per heavy atom. The normalized spacial score (nSPS) is 11.3. The maximum Gasteiger partial charge on any atom is 0.250 e. The average Bonchev–Trinajstić information content (AvgIpc) is 3.37. The monoisotopic (exact) mass is 389 g/mol. The second kappa shape index (κ2) is 6.58. The second-order valence-corrected chi connectivity index (χ2v) is 7.31. The van der Waals surface area contributed by atoms with Gasteiger partial charge in [-0.05, 0) is 19.1 Å². The van der Waals surface area contributed by atoms with Gasteiger partial charge in [0.15, 0.2) is 5.58 Å². The van der Waals surface area contributed by atoms with Crippen LogP contribution in [0.15, 0.2) is 58.4 Å². The molecule has 0 saturated carbocycles. The van der Waals surface area contributed by atoms with E-state index in [2.05, 4.69) is 20.6 Å². The molecule has 0 atom stereocenters. The number of aromatic nitrogens is 4. The van der Waals surface area contributed by atoms with Crippen molar-refractivity contribution >= 4 is 39.1 Å². The zero-order valence-corrected chi connectivity index (χ0v) is 15.7. The third-order valence-corrected chi connectivity index (χ3v) is 5.25. The molecule has 0 aliphatic carbocycles. The van der Waals surface area contributed by atoms with Crippen molar-refractivity contribution in [1.29, 1.82) is 0 Å². The highest BCUT2D eigenvalue weighted by molar-refractivity contribution is 7.15. The molecule has 0 saturated heterocycles. The van der Waals surface area contributed by atoms with Gasteiger partial charge in [-0.2, -0.15) is 4.98 Å². The molecule has 5 rings (SSSR count). The van der Waals surface area contributed by atoms with E-state index in [1.165, 1.54) is 11.3 Å². The van der Waals surface area contributed by atoms with Gasteiger partial charge in [0.2, 0.25) is 16.8 Å². The number of benzene rings is 2. The summed E-state index contributed by atoms with van der Waals surface area (Å²) >= 11 is 1.48. The summed E-state index contributed by atoms with van der Waals surface area (Å²) in [6.45, 7) is 1.99. The lowest BCUT2D eigenvalue weighted by Gasteiger charge is -2.00. The van der Waals surface area contributed by atoms with Gasteiger partial charge in [-0.25, -0.2) is 4.52 Å². The third kappa shape index (κ3) is 2.93. The van der Waals surface area contributed by atoms with E-state index in [4.69, 9.17) is 4.52 Å². The number of nitrogens with zero attached hydrogens (tertiary/aromatic N) is 4. The molecule has 1 N–H and O–H groups in total. The average molecular weight is 389 g/mol. The largest absolute Gasteiger partial charge is 0.356 e. The van der Waals surface area contributed by atoms with Crippen molar-refractivity contribution in [1.82, 2.24) is 19.8 Å². The first-order valence-corrected chi connectivity index (χ1v) is 9.60. The fourth-order valence-electron chi connectivity index (χ4n) is 3.09. The lowest BCUT2D eigenvalue weighted by atomic mass is 10.1. The van der Waals surface area contributed by atoms with Gasteiger partial charge in [0.05, 0.1) is 12.1 Å². The van der Waals surface area contributed by atoms with Crippen LogP contribution in [0.3, 0.4) is 0 Å². The van der Waals surface area contributed by atoms with Crippen LogP contribution in [0.4, 0.5) is 5.95 Å². The molecule has 0 aliphatic heterocycles. The number of hydrogen-bond donors (Lipinski definition) is 1. The van der Waals surface area contributed by atoms with Crippen molar-refractivity contribution in [2.75, 3.05) is 5.32 Å². The summed E-state index contributed by atoms with van der Waals surface area (Å²) in [5, 5.41) is 14.1. The van der Waals surface area contributed by atoms with Crippen LogP contribution in [0.5, 0.6) is 0 Å². The van der Waals surface area contributed by atoms with Gasteiger partial charge in [0.1, 0.15) is 5.69 Å². The number of amides is 1. The number of thiazole rings is 1. The van der Waals surface area contributed by atoms with E-state index in [-0.39, 0.29) is 18.3 Å². The Labute approximate surface area is 163 Å². The lowest BCUT2D eigenvalue weighted by molar-refractivity contribution is -0.115. The van der Waals surface area contributed by atoms with Gasteiger partial charge in [-0.3, -0.25) is 10.1 Å². The smallest absolute Gasteiger partial charge is 0.250 e. The Balaban J connectivity index is 1.38. The highest BCUT2D eigenvalue weighted by Crippen LogP contribution is 2.26. The number of nitrogens with one attached hydrogen (secondary N) is 1. The minimum absolute atomic E-state index is 0.0921. The van der Waals surface area contributed by atoms with Crippen molar-refractivity contribution in [3.63, 3.8) is 0 Å². The molecule has 1 amide bonds. The summed E-state index contributed by atoms with van der Waals surface area (Å²) < 4.78 is 7.03. The van der Waals surface area contributed by atoms with Gasteiger partial charge < -0.3 is 4.52 Å². The Bertz CT molecular complexity index is 1300. The number of carbonyl (C=O) groups is 1. The first-order chi connectivity index (χ1) is 13.7. The van der Waals surface area contributed by atoms with Crippen LogP contribution in [0.25, 0.3) is 27.2 Å². The third-order valence-electron chi connectivity index (χ3n) is 4.43. The molecule has 7 nitrogen and oxygen atoms in total. The van der Waals surface area contributed by atoms with Crippen molar-refractivity contribution in [2.45, 2.75) is 13.3 Å². The van der Waals surface area contributed by atoms with E-state index in [0.717, 1.165) is 27.2 Å². The van der Waals surface area contributed by atoms with E-state index in [1.807, 2.05) is 60.8 Å². The summed E-state index contributed by atoms with van der Waals surface area (Å²) in [4.78, 5) is 17.6. The molecule has 5 aromatic rings. The first kappa shape index (κ1) is 16.6. The first-order valence-electron chi connectivity index (χ1n) is 8.72. The summed E-state index contributed by atoms with van der Waals surface area (Å²) in [7, 11) is 0. The maximum absolute atomic E-state index is 12.5. The summed E-state index contributed by atoms with van der Waals surface area (Å²) in [5.41, 5.74) is 4.33. The minimum Gasteiger partial charge on any atom is -0.356 e. The number of anilines is 1. The molecule has 138 valence electrons. The molecule has 0 radical (unpaired) electrons. The highest BCUT2D eigenvalue weighted by atomic mass is 32.1. The minimum atomic E-state index is -0.240. The molecule has 8 heteroatoms. The molecule has 0 fully saturated rings. The zero-order valence-electron chi connectivity index (χ0n) is 14.9. The van der Waals surface area contributed by atoms with Crippen LogP contribution in [0, 0.1) is 6.92 Å². The van der Waals surface area contributed by atoms with Crippen molar-refractivity contribution in [3.8, 4) is 11.3 Å². The molecule has 0 bridgehead atoms. The van der Waals surface area contributed by atoms with Gasteiger partial charge in [0.25, 0.3) is 0 Å². The summed E-state index contributed by atoms with van der Waals surface area (Å²) in [6, 6.07) is 15.7. The van der Waals surface area contributed by atoms with Gasteiger partial charge in [-0.15, -0.1) is 16.4 Å². The van der Waals surface area contributed by atoms with Gasteiger partial charge in [-0.1, -0.05) is 47.1 Å². The molecule has 0 aliphatic rings. The van der Waals surface area contributed by atoms with E-state index < -0.39 is 0 Å². The Kier molecular flexibility index (Phi) is 3.91. The number of fused-ring (bicyclic) bond motifs is 2. The predicted octanol–water partition coefficient (Wildman–Crippen LogP) is 4.09. The van der Waals surface area contributed by atoms with Crippen molar-refractivity contribution in [2.24, 2.45) is 0 Å². The van der Waals surface area contributed by atoms with Crippen LogP contribution < -0.4 is 5.32 Å². The van der Waals surface area contributed by atoms with Gasteiger partial charge in [0, 0.05) is 16.3 Å². The number of aryl methyl sites for hydroxylation is 1.